The van der Waals surface area contributed by atoms with Crippen LogP contribution < -0.4 is 4.90 Å². The van der Waals surface area contributed by atoms with Crippen molar-refractivity contribution < 1.29 is 5.11 Å². The number of aliphatic hydroxyl groups excluding tert-OH is 1. The molecule has 0 saturated carbocycles. The summed E-state index contributed by atoms with van der Waals surface area (Å²) in [6.45, 7) is 15.2. The van der Waals surface area contributed by atoms with Crippen molar-refractivity contribution in [2.24, 2.45) is 0 Å². The molecule has 1 saturated heterocycles. The fraction of sp³-hybridized carbons (Fsp3) is 0.640. The van der Waals surface area contributed by atoms with Crippen LogP contribution >= 0.6 is 11.3 Å². The van der Waals surface area contributed by atoms with Gasteiger partial charge in [-0.05, 0) is 60.3 Å². The fourth-order valence-corrected chi connectivity index (χ4v) is 5.79. The second-order valence-corrected chi connectivity index (χ2v) is 11.1. The number of nitrogens with zero attached hydrogens (tertiary/aromatic N) is 3. The van der Waals surface area contributed by atoms with Crippen LogP contribution in [0.4, 0.5) is 5.13 Å². The minimum Gasteiger partial charge on any atom is -0.396 e. The quantitative estimate of drug-likeness (QED) is 0.655. The Morgan fingerprint density at radius 2 is 1.67 bits per heavy atom. The number of hydrogen-bond acceptors (Lipinski definition) is 5. The first-order chi connectivity index (χ1) is 14.3. The van der Waals surface area contributed by atoms with Crippen molar-refractivity contribution in [3.05, 3.63) is 34.7 Å². The first kappa shape index (κ1) is 21.8. The predicted octanol–water partition coefficient (Wildman–Crippen LogP) is 5.05. The normalized spacial score (nSPS) is 20.9. The number of thiazole rings is 1. The van der Waals surface area contributed by atoms with Crippen molar-refractivity contribution in [1.82, 2.24) is 9.88 Å². The second kappa shape index (κ2) is 8.60. The van der Waals surface area contributed by atoms with E-state index in [0.29, 0.717) is 6.61 Å². The lowest BCUT2D eigenvalue weighted by Crippen LogP contribution is -2.46. The van der Waals surface area contributed by atoms with Crippen LogP contribution in [0.2, 0.25) is 0 Å². The van der Waals surface area contributed by atoms with E-state index >= 15 is 0 Å². The van der Waals surface area contributed by atoms with Crippen LogP contribution in [-0.2, 0) is 10.8 Å². The molecule has 30 heavy (non-hydrogen) atoms. The zero-order valence-corrected chi connectivity index (χ0v) is 19.9. The van der Waals surface area contributed by atoms with E-state index < -0.39 is 0 Å². The first-order valence-corrected chi connectivity index (χ1v) is 12.4. The summed E-state index contributed by atoms with van der Waals surface area (Å²) in [5.74, 6) is 0. The van der Waals surface area contributed by atoms with E-state index in [4.69, 9.17) is 10.1 Å². The van der Waals surface area contributed by atoms with Crippen LogP contribution in [0.3, 0.4) is 0 Å². The zero-order chi connectivity index (χ0) is 21.4. The molecule has 1 aromatic heterocycles. The van der Waals surface area contributed by atoms with Crippen LogP contribution in [0.15, 0.2) is 23.6 Å². The molecule has 0 spiro atoms. The van der Waals surface area contributed by atoms with Crippen LogP contribution in [0, 0.1) is 0 Å². The van der Waals surface area contributed by atoms with Crippen molar-refractivity contribution in [2.75, 3.05) is 44.2 Å². The van der Waals surface area contributed by atoms with E-state index in [2.05, 4.69) is 61.1 Å². The van der Waals surface area contributed by atoms with Gasteiger partial charge < -0.3 is 10.0 Å². The number of piperazine rings is 1. The van der Waals surface area contributed by atoms with Crippen LogP contribution in [-0.4, -0.2) is 54.3 Å². The summed E-state index contributed by atoms with van der Waals surface area (Å²) in [5.41, 5.74) is 5.86. The minimum atomic E-state index is 0.228. The molecule has 0 atom stereocenters. The van der Waals surface area contributed by atoms with Gasteiger partial charge >= 0.3 is 0 Å². The standard InChI is InChI=1S/C25H37N3OS/c1-24(2)9-10-25(3,4)21-17-19(7-8-20(21)24)22-18-30-23(26-22)28-14-12-27(13-15-28)11-5-6-16-29/h7-8,17-18,29H,5-6,9-16H2,1-4H3. The highest BCUT2D eigenvalue weighted by molar-refractivity contribution is 7.14. The molecule has 164 valence electrons. The molecule has 2 aliphatic rings. The Morgan fingerprint density at radius 3 is 2.37 bits per heavy atom. The molecule has 4 rings (SSSR count). The van der Waals surface area contributed by atoms with Gasteiger partial charge in [-0.25, -0.2) is 4.98 Å². The lowest BCUT2D eigenvalue weighted by molar-refractivity contribution is 0.232. The van der Waals surface area contributed by atoms with Crippen molar-refractivity contribution in [2.45, 2.75) is 64.2 Å². The maximum atomic E-state index is 8.97. The average Bonchev–Trinajstić information content (AvgIpc) is 3.22. The molecule has 0 radical (unpaired) electrons. The average molecular weight is 428 g/mol. The summed E-state index contributed by atoms with van der Waals surface area (Å²) in [6, 6.07) is 7.05. The molecule has 1 aliphatic carbocycles. The Bertz CT molecular complexity index is 865. The van der Waals surface area contributed by atoms with E-state index in [0.717, 1.165) is 56.4 Å². The SMILES string of the molecule is CC1(C)CCC(C)(C)c2cc(-c3csc(N4CCN(CCCCO)CC4)n3)ccc21. The van der Waals surface area contributed by atoms with Crippen molar-refractivity contribution in [3.8, 4) is 11.3 Å². The molecule has 1 N–H and O–H groups in total. The molecule has 0 unspecified atom stereocenters. The Kier molecular flexibility index (Phi) is 6.25. The lowest BCUT2D eigenvalue weighted by Gasteiger charge is -2.42. The Balaban J connectivity index is 1.48. The minimum absolute atomic E-state index is 0.228. The van der Waals surface area contributed by atoms with Gasteiger partial charge in [-0.1, -0.05) is 39.8 Å². The number of benzene rings is 1. The molecule has 1 fully saturated rings. The third kappa shape index (κ3) is 4.44. The summed E-state index contributed by atoms with van der Waals surface area (Å²) in [5, 5.41) is 12.3. The van der Waals surface area contributed by atoms with E-state index in [1.165, 1.54) is 29.5 Å². The Morgan fingerprint density at radius 1 is 0.967 bits per heavy atom. The molecular formula is C25H37N3OS. The lowest BCUT2D eigenvalue weighted by atomic mass is 9.63. The van der Waals surface area contributed by atoms with Gasteiger partial charge in [-0.15, -0.1) is 11.3 Å². The molecule has 0 bridgehead atoms. The molecule has 1 aromatic carbocycles. The summed E-state index contributed by atoms with van der Waals surface area (Å²) in [6.07, 6.45) is 4.48. The summed E-state index contributed by atoms with van der Waals surface area (Å²) in [4.78, 5) is 9.97. The number of anilines is 1. The molecule has 5 heteroatoms. The molecule has 2 aromatic rings. The Hall–Kier alpha value is -1.43. The molecular weight excluding hydrogens is 390 g/mol. The van der Waals surface area contributed by atoms with Crippen molar-refractivity contribution in [3.63, 3.8) is 0 Å². The van der Waals surface area contributed by atoms with Gasteiger partial charge in [0.2, 0.25) is 0 Å². The maximum Gasteiger partial charge on any atom is 0.185 e. The summed E-state index contributed by atoms with van der Waals surface area (Å²) < 4.78 is 0. The monoisotopic (exact) mass is 427 g/mol. The van der Waals surface area contributed by atoms with Crippen LogP contribution in [0.5, 0.6) is 0 Å². The maximum absolute atomic E-state index is 8.97. The third-order valence-corrected chi connectivity index (χ3v) is 8.07. The van der Waals surface area contributed by atoms with Gasteiger partial charge in [0.1, 0.15) is 0 Å². The topological polar surface area (TPSA) is 39.6 Å². The largest absolute Gasteiger partial charge is 0.396 e. The molecule has 1 aliphatic heterocycles. The van der Waals surface area contributed by atoms with Crippen molar-refractivity contribution in [1.29, 1.82) is 0 Å². The van der Waals surface area contributed by atoms with E-state index in [1.807, 2.05) is 0 Å². The number of hydrogen-bond donors (Lipinski definition) is 1. The van der Waals surface area contributed by atoms with Crippen molar-refractivity contribution >= 4 is 16.5 Å². The van der Waals surface area contributed by atoms with E-state index in [-0.39, 0.29) is 10.8 Å². The highest BCUT2D eigenvalue weighted by atomic mass is 32.1. The second-order valence-electron chi connectivity index (χ2n) is 10.3. The van der Waals surface area contributed by atoms with Crippen LogP contribution in [0.25, 0.3) is 11.3 Å². The van der Waals surface area contributed by atoms with Gasteiger partial charge in [-0.2, -0.15) is 0 Å². The Labute approximate surface area is 185 Å². The number of aromatic nitrogens is 1. The van der Waals surface area contributed by atoms with Gasteiger partial charge in [0.15, 0.2) is 5.13 Å². The third-order valence-electron chi connectivity index (χ3n) is 7.17. The van der Waals surface area contributed by atoms with Gasteiger partial charge in [0.25, 0.3) is 0 Å². The van der Waals surface area contributed by atoms with Crippen LogP contribution in [0.1, 0.15) is 64.5 Å². The molecule has 2 heterocycles. The van der Waals surface area contributed by atoms with Gasteiger partial charge in [0.05, 0.1) is 5.69 Å². The molecule has 4 nitrogen and oxygen atoms in total. The fourth-order valence-electron chi connectivity index (χ4n) is 4.90. The smallest absolute Gasteiger partial charge is 0.185 e. The predicted molar refractivity (Wildman–Crippen MR) is 128 cm³/mol. The highest BCUT2D eigenvalue weighted by Gasteiger charge is 2.37. The zero-order valence-electron chi connectivity index (χ0n) is 19.1. The van der Waals surface area contributed by atoms with E-state index in [1.54, 1.807) is 11.3 Å². The van der Waals surface area contributed by atoms with Gasteiger partial charge in [0, 0.05) is 43.7 Å². The number of fused-ring (bicyclic) bond motifs is 1. The summed E-state index contributed by atoms with van der Waals surface area (Å²) >= 11 is 1.77. The van der Waals surface area contributed by atoms with E-state index in [9.17, 15) is 0 Å². The molecule has 0 amide bonds. The number of rotatable bonds is 6. The number of aliphatic hydroxyl groups is 1. The highest BCUT2D eigenvalue weighted by Crippen LogP contribution is 2.46. The number of unbranched alkanes of at least 4 members (excludes halogenated alkanes) is 1. The first-order valence-electron chi connectivity index (χ1n) is 11.5. The summed E-state index contributed by atoms with van der Waals surface area (Å²) in [7, 11) is 0. The van der Waals surface area contributed by atoms with Gasteiger partial charge in [-0.3, -0.25) is 4.90 Å².